The van der Waals surface area contributed by atoms with Gasteiger partial charge in [-0.05, 0) is 49.0 Å². The highest BCUT2D eigenvalue weighted by Crippen LogP contribution is 2.28. The van der Waals surface area contributed by atoms with Crippen molar-refractivity contribution in [3.8, 4) is 5.75 Å². The molecule has 0 aromatic heterocycles. The second-order valence-electron chi connectivity index (χ2n) is 7.07. The third kappa shape index (κ3) is 6.06. The standard InChI is InChI=1S/C23H33N3O4S/c1-6-25(7-2)17-18-11-10-12-20(15-18)24-23(27)19-13-14-21(30-5)22(16-19)31(28,29)26(8-3)9-4/h10-16H,6-9,17H2,1-5H3,(H,24,27). The second kappa shape index (κ2) is 11.3. The molecule has 1 N–H and O–H groups in total. The Morgan fingerprint density at radius 2 is 1.65 bits per heavy atom. The van der Waals surface area contributed by atoms with E-state index < -0.39 is 10.0 Å². The van der Waals surface area contributed by atoms with E-state index in [9.17, 15) is 13.2 Å². The Morgan fingerprint density at radius 3 is 2.23 bits per heavy atom. The number of rotatable bonds is 11. The van der Waals surface area contributed by atoms with Crippen LogP contribution < -0.4 is 10.1 Å². The van der Waals surface area contributed by atoms with Gasteiger partial charge in [0.15, 0.2) is 0 Å². The fourth-order valence-electron chi connectivity index (χ4n) is 3.38. The van der Waals surface area contributed by atoms with E-state index in [1.807, 2.05) is 24.3 Å². The number of hydrogen-bond acceptors (Lipinski definition) is 5. The van der Waals surface area contributed by atoms with Crippen LogP contribution in [0.25, 0.3) is 0 Å². The van der Waals surface area contributed by atoms with Gasteiger partial charge in [0.05, 0.1) is 7.11 Å². The SMILES string of the molecule is CCN(CC)Cc1cccc(NC(=O)c2ccc(OC)c(S(=O)(=O)N(CC)CC)c2)c1. The molecule has 0 fully saturated rings. The number of nitrogens with zero attached hydrogens (tertiary/aromatic N) is 2. The molecule has 0 saturated carbocycles. The van der Waals surface area contributed by atoms with Crippen LogP contribution in [0, 0.1) is 0 Å². The topological polar surface area (TPSA) is 79.0 Å². The summed E-state index contributed by atoms with van der Waals surface area (Å²) in [5.74, 6) is -0.164. The Labute approximate surface area is 186 Å². The fraction of sp³-hybridized carbons (Fsp3) is 0.435. The molecule has 1 amide bonds. The maximum absolute atomic E-state index is 13.0. The van der Waals surface area contributed by atoms with Gasteiger partial charge in [-0.1, -0.05) is 39.8 Å². The summed E-state index contributed by atoms with van der Waals surface area (Å²) in [6, 6.07) is 12.1. The lowest BCUT2D eigenvalue weighted by molar-refractivity contribution is 0.102. The summed E-state index contributed by atoms with van der Waals surface area (Å²) in [6.45, 7) is 11.1. The molecule has 2 aromatic rings. The first-order valence-electron chi connectivity index (χ1n) is 10.6. The molecular formula is C23H33N3O4S. The number of ether oxygens (including phenoxy) is 1. The van der Waals surface area contributed by atoms with E-state index in [1.54, 1.807) is 19.9 Å². The highest BCUT2D eigenvalue weighted by Gasteiger charge is 2.26. The molecule has 0 heterocycles. The first-order valence-corrected chi connectivity index (χ1v) is 12.0. The molecule has 0 aliphatic heterocycles. The first-order chi connectivity index (χ1) is 14.8. The minimum atomic E-state index is -3.78. The zero-order valence-corrected chi connectivity index (χ0v) is 19.8. The molecule has 170 valence electrons. The van der Waals surface area contributed by atoms with Gasteiger partial charge >= 0.3 is 0 Å². The van der Waals surface area contributed by atoms with E-state index in [0.717, 1.165) is 25.2 Å². The summed E-state index contributed by atoms with van der Waals surface area (Å²) in [4.78, 5) is 15.2. The van der Waals surface area contributed by atoms with E-state index in [0.29, 0.717) is 18.8 Å². The Bertz CT molecular complexity index is 984. The van der Waals surface area contributed by atoms with Crippen molar-refractivity contribution in [3.63, 3.8) is 0 Å². The van der Waals surface area contributed by atoms with Crippen molar-refractivity contribution in [2.75, 3.05) is 38.6 Å². The third-order valence-corrected chi connectivity index (χ3v) is 7.31. The van der Waals surface area contributed by atoms with Gasteiger partial charge in [0.1, 0.15) is 10.6 Å². The minimum absolute atomic E-state index is 0.0124. The molecule has 0 saturated heterocycles. The number of nitrogens with one attached hydrogen (secondary N) is 1. The van der Waals surface area contributed by atoms with Gasteiger partial charge in [-0.3, -0.25) is 9.69 Å². The smallest absolute Gasteiger partial charge is 0.255 e. The summed E-state index contributed by atoms with van der Waals surface area (Å²) >= 11 is 0. The summed E-state index contributed by atoms with van der Waals surface area (Å²) < 4.78 is 32.6. The molecule has 0 aliphatic rings. The molecular weight excluding hydrogens is 414 g/mol. The van der Waals surface area contributed by atoms with Gasteiger partial charge in [-0.15, -0.1) is 0 Å². The first kappa shape index (κ1) is 24.8. The lowest BCUT2D eigenvalue weighted by Crippen LogP contribution is -2.31. The molecule has 8 heteroatoms. The molecule has 2 aromatic carbocycles. The number of benzene rings is 2. The van der Waals surface area contributed by atoms with Crippen molar-refractivity contribution in [2.45, 2.75) is 39.1 Å². The van der Waals surface area contributed by atoms with Crippen molar-refractivity contribution in [2.24, 2.45) is 0 Å². The van der Waals surface area contributed by atoms with Gasteiger partial charge < -0.3 is 10.1 Å². The van der Waals surface area contributed by atoms with Gasteiger partial charge in [0.25, 0.3) is 5.91 Å². The fourth-order valence-corrected chi connectivity index (χ4v) is 5.02. The zero-order valence-electron chi connectivity index (χ0n) is 19.0. The van der Waals surface area contributed by atoms with Gasteiger partial charge in [-0.2, -0.15) is 4.31 Å². The van der Waals surface area contributed by atoms with E-state index >= 15 is 0 Å². The average molecular weight is 448 g/mol. The highest BCUT2D eigenvalue weighted by molar-refractivity contribution is 7.89. The number of amides is 1. The normalized spacial score (nSPS) is 11.7. The quantitative estimate of drug-likeness (QED) is 0.567. The van der Waals surface area contributed by atoms with Crippen LogP contribution in [-0.2, 0) is 16.6 Å². The van der Waals surface area contributed by atoms with Gasteiger partial charge in [0.2, 0.25) is 10.0 Å². The Balaban J connectivity index is 2.31. The molecule has 31 heavy (non-hydrogen) atoms. The van der Waals surface area contributed by atoms with E-state index in [1.165, 1.54) is 23.5 Å². The van der Waals surface area contributed by atoms with Crippen LogP contribution in [0.4, 0.5) is 5.69 Å². The van der Waals surface area contributed by atoms with E-state index in [-0.39, 0.29) is 22.1 Å². The molecule has 0 bridgehead atoms. The summed E-state index contributed by atoms with van der Waals surface area (Å²) in [6.07, 6.45) is 0. The van der Waals surface area contributed by atoms with Crippen LogP contribution >= 0.6 is 0 Å². The van der Waals surface area contributed by atoms with Crippen molar-refractivity contribution in [1.82, 2.24) is 9.21 Å². The van der Waals surface area contributed by atoms with Crippen molar-refractivity contribution < 1.29 is 17.9 Å². The van der Waals surface area contributed by atoms with Crippen molar-refractivity contribution >= 4 is 21.6 Å². The molecule has 0 unspecified atom stereocenters. The van der Waals surface area contributed by atoms with Gasteiger partial charge in [0, 0.05) is 30.9 Å². The van der Waals surface area contributed by atoms with Crippen LogP contribution in [-0.4, -0.2) is 56.8 Å². The number of anilines is 1. The van der Waals surface area contributed by atoms with E-state index in [2.05, 4.69) is 24.1 Å². The molecule has 0 aliphatic carbocycles. The average Bonchev–Trinajstić information content (AvgIpc) is 2.77. The molecule has 2 rings (SSSR count). The maximum atomic E-state index is 13.0. The van der Waals surface area contributed by atoms with Crippen molar-refractivity contribution in [3.05, 3.63) is 53.6 Å². The third-order valence-electron chi connectivity index (χ3n) is 5.23. The second-order valence-corrected chi connectivity index (χ2v) is 8.98. The predicted molar refractivity (Wildman–Crippen MR) is 124 cm³/mol. The molecule has 0 atom stereocenters. The van der Waals surface area contributed by atoms with Crippen molar-refractivity contribution in [1.29, 1.82) is 0 Å². The molecule has 0 radical (unpaired) electrons. The summed E-state index contributed by atoms with van der Waals surface area (Å²) in [5, 5.41) is 2.87. The monoisotopic (exact) mass is 447 g/mol. The number of methoxy groups -OCH3 is 1. The number of hydrogen-bond donors (Lipinski definition) is 1. The Kier molecular flexibility index (Phi) is 9.03. The van der Waals surface area contributed by atoms with Crippen LogP contribution in [0.2, 0.25) is 0 Å². The highest BCUT2D eigenvalue weighted by atomic mass is 32.2. The van der Waals surface area contributed by atoms with Crippen LogP contribution in [0.5, 0.6) is 5.75 Å². The molecule has 7 nitrogen and oxygen atoms in total. The zero-order chi connectivity index (χ0) is 23.0. The van der Waals surface area contributed by atoms with Crippen LogP contribution in [0.15, 0.2) is 47.4 Å². The summed E-state index contributed by atoms with van der Waals surface area (Å²) in [7, 11) is -2.36. The molecule has 0 spiro atoms. The lowest BCUT2D eigenvalue weighted by atomic mass is 10.1. The Morgan fingerprint density at radius 1 is 0.968 bits per heavy atom. The number of sulfonamides is 1. The number of carbonyl (C=O) groups excluding carboxylic acids is 1. The maximum Gasteiger partial charge on any atom is 0.255 e. The van der Waals surface area contributed by atoms with Crippen LogP contribution in [0.1, 0.15) is 43.6 Å². The predicted octanol–water partition coefficient (Wildman–Crippen LogP) is 3.82. The number of carbonyl (C=O) groups is 1. The van der Waals surface area contributed by atoms with Crippen LogP contribution in [0.3, 0.4) is 0 Å². The van der Waals surface area contributed by atoms with E-state index in [4.69, 9.17) is 4.74 Å². The lowest BCUT2D eigenvalue weighted by Gasteiger charge is -2.20. The minimum Gasteiger partial charge on any atom is -0.495 e. The Hall–Kier alpha value is -2.42. The van der Waals surface area contributed by atoms with Gasteiger partial charge in [-0.25, -0.2) is 8.42 Å². The largest absolute Gasteiger partial charge is 0.495 e. The summed E-state index contributed by atoms with van der Waals surface area (Å²) in [5.41, 5.74) is 2.01.